The molecule has 0 aromatic carbocycles. The highest BCUT2D eigenvalue weighted by atomic mass is 16.5. The first-order valence-corrected chi connectivity index (χ1v) is 3.88. The third-order valence-corrected chi connectivity index (χ3v) is 2.06. The predicted octanol–water partition coefficient (Wildman–Crippen LogP) is -0.301. The molecule has 2 unspecified atom stereocenters. The standard InChI is InChI=1S/C7H16N2O/c8-3-6-1-2-7(4-9)10-5-6/h6-7H,1-5,8-9H2. The lowest BCUT2D eigenvalue weighted by molar-refractivity contribution is -0.00766. The van der Waals surface area contributed by atoms with Gasteiger partial charge in [-0.2, -0.15) is 0 Å². The molecule has 3 heteroatoms. The molecule has 1 rings (SSSR count). The normalized spacial score (nSPS) is 34.2. The molecule has 0 bridgehead atoms. The van der Waals surface area contributed by atoms with Gasteiger partial charge in [0, 0.05) is 6.54 Å². The second-order valence-corrected chi connectivity index (χ2v) is 2.87. The molecule has 10 heavy (non-hydrogen) atoms. The van der Waals surface area contributed by atoms with E-state index < -0.39 is 0 Å². The summed E-state index contributed by atoms with van der Waals surface area (Å²) < 4.78 is 5.43. The smallest absolute Gasteiger partial charge is 0.0697 e. The largest absolute Gasteiger partial charge is 0.377 e. The summed E-state index contributed by atoms with van der Waals surface area (Å²) in [6.45, 7) is 2.20. The van der Waals surface area contributed by atoms with Crippen LogP contribution in [0.3, 0.4) is 0 Å². The average molecular weight is 144 g/mol. The molecule has 0 amide bonds. The van der Waals surface area contributed by atoms with Crippen LogP contribution in [0.5, 0.6) is 0 Å². The highest BCUT2D eigenvalue weighted by molar-refractivity contribution is 4.70. The summed E-state index contributed by atoms with van der Waals surface area (Å²) in [5.41, 5.74) is 10.9. The number of hydrogen-bond donors (Lipinski definition) is 2. The summed E-state index contributed by atoms with van der Waals surface area (Å²) in [4.78, 5) is 0. The molecule has 0 saturated carbocycles. The van der Waals surface area contributed by atoms with Crippen LogP contribution >= 0.6 is 0 Å². The van der Waals surface area contributed by atoms with Crippen molar-refractivity contribution in [2.45, 2.75) is 18.9 Å². The minimum Gasteiger partial charge on any atom is -0.377 e. The minimum atomic E-state index is 0.294. The summed E-state index contributed by atoms with van der Waals surface area (Å²) in [5, 5.41) is 0. The van der Waals surface area contributed by atoms with Gasteiger partial charge in [0.1, 0.15) is 0 Å². The quantitative estimate of drug-likeness (QED) is 0.559. The Balaban J connectivity index is 2.17. The van der Waals surface area contributed by atoms with Crippen molar-refractivity contribution in [1.82, 2.24) is 0 Å². The van der Waals surface area contributed by atoms with Crippen LogP contribution in [0.4, 0.5) is 0 Å². The maximum Gasteiger partial charge on any atom is 0.0697 e. The number of hydrogen-bond acceptors (Lipinski definition) is 3. The first kappa shape index (κ1) is 7.98. The lowest BCUT2D eigenvalue weighted by Crippen LogP contribution is -2.34. The van der Waals surface area contributed by atoms with Crippen LogP contribution in [-0.2, 0) is 4.74 Å². The molecular weight excluding hydrogens is 128 g/mol. The van der Waals surface area contributed by atoms with E-state index in [1.54, 1.807) is 0 Å². The van der Waals surface area contributed by atoms with Crippen LogP contribution in [0.2, 0.25) is 0 Å². The maximum absolute atomic E-state index is 5.48. The van der Waals surface area contributed by atoms with Crippen molar-refractivity contribution >= 4 is 0 Å². The molecule has 4 N–H and O–H groups in total. The second-order valence-electron chi connectivity index (χ2n) is 2.87. The Hall–Kier alpha value is -0.120. The Morgan fingerprint density at radius 2 is 2.00 bits per heavy atom. The molecule has 0 radical (unpaired) electrons. The monoisotopic (exact) mass is 144 g/mol. The third-order valence-electron chi connectivity index (χ3n) is 2.06. The average Bonchev–Trinajstić information content (AvgIpc) is 2.05. The third kappa shape index (κ3) is 1.94. The van der Waals surface area contributed by atoms with E-state index in [2.05, 4.69) is 0 Å². The number of nitrogens with two attached hydrogens (primary N) is 2. The van der Waals surface area contributed by atoms with Crippen LogP contribution in [0.1, 0.15) is 12.8 Å². The Labute approximate surface area is 61.7 Å². The van der Waals surface area contributed by atoms with E-state index in [1.165, 1.54) is 6.42 Å². The van der Waals surface area contributed by atoms with Gasteiger partial charge < -0.3 is 16.2 Å². The topological polar surface area (TPSA) is 61.3 Å². The van der Waals surface area contributed by atoms with Crippen LogP contribution in [-0.4, -0.2) is 25.8 Å². The fourth-order valence-corrected chi connectivity index (χ4v) is 1.23. The first-order valence-electron chi connectivity index (χ1n) is 3.88. The van der Waals surface area contributed by atoms with Crippen molar-refractivity contribution in [3.63, 3.8) is 0 Å². The molecule has 3 nitrogen and oxygen atoms in total. The zero-order chi connectivity index (χ0) is 7.40. The lowest BCUT2D eigenvalue weighted by Gasteiger charge is -2.27. The van der Waals surface area contributed by atoms with E-state index >= 15 is 0 Å². The van der Waals surface area contributed by atoms with Gasteiger partial charge in [-0.05, 0) is 25.3 Å². The highest BCUT2D eigenvalue weighted by Gasteiger charge is 2.18. The Morgan fingerprint density at radius 3 is 2.40 bits per heavy atom. The molecule has 60 valence electrons. The summed E-state index contributed by atoms with van der Waals surface area (Å²) >= 11 is 0. The van der Waals surface area contributed by atoms with Crippen LogP contribution < -0.4 is 11.5 Å². The fraction of sp³-hybridized carbons (Fsp3) is 1.00. The van der Waals surface area contributed by atoms with E-state index in [0.717, 1.165) is 19.6 Å². The molecule has 1 heterocycles. The predicted molar refractivity (Wildman–Crippen MR) is 40.6 cm³/mol. The van der Waals surface area contributed by atoms with E-state index in [9.17, 15) is 0 Å². The van der Waals surface area contributed by atoms with Gasteiger partial charge in [0.2, 0.25) is 0 Å². The van der Waals surface area contributed by atoms with Crippen molar-refractivity contribution in [1.29, 1.82) is 0 Å². The SMILES string of the molecule is NCC1CCC(CN)OC1. The van der Waals surface area contributed by atoms with E-state index in [1.807, 2.05) is 0 Å². The number of rotatable bonds is 2. The molecule has 2 atom stereocenters. The molecule has 0 aliphatic carbocycles. The van der Waals surface area contributed by atoms with Crippen LogP contribution in [0, 0.1) is 5.92 Å². The van der Waals surface area contributed by atoms with Gasteiger partial charge in [-0.15, -0.1) is 0 Å². The van der Waals surface area contributed by atoms with E-state index in [0.29, 0.717) is 18.6 Å². The summed E-state index contributed by atoms with van der Waals surface area (Å²) in [7, 11) is 0. The molecule has 1 fully saturated rings. The van der Waals surface area contributed by atoms with Gasteiger partial charge in [-0.3, -0.25) is 0 Å². The first-order chi connectivity index (χ1) is 4.86. The van der Waals surface area contributed by atoms with Crippen molar-refractivity contribution in [2.75, 3.05) is 19.7 Å². The van der Waals surface area contributed by atoms with Crippen molar-refractivity contribution < 1.29 is 4.74 Å². The van der Waals surface area contributed by atoms with Gasteiger partial charge >= 0.3 is 0 Å². The lowest BCUT2D eigenvalue weighted by atomic mass is 9.99. The molecule has 0 aromatic rings. The van der Waals surface area contributed by atoms with Crippen molar-refractivity contribution in [2.24, 2.45) is 17.4 Å². The molecule has 0 aromatic heterocycles. The molecule has 1 saturated heterocycles. The summed E-state index contributed by atoms with van der Waals surface area (Å²) in [6, 6.07) is 0. The van der Waals surface area contributed by atoms with Gasteiger partial charge in [0.25, 0.3) is 0 Å². The minimum absolute atomic E-state index is 0.294. The Kier molecular flexibility index (Phi) is 3.12. The van der Waals surface area contributed by atoms with Crippen molar-refractivity contribution in [3.8, 4) is 0 Å². The van der Waals surface area contributed by atoms with Gasteiger partial charge in [0.05, 0.1) is 12.7 Å². The molecule has 0 spiro atoms. The zero-order valence-electron chi connectivity index (χ0n) is 6.25. The van der Waals surface area contributed by atoms with Gasteiger partial charge in [-0.1, -0.05) is 0 Å². The highest BCUT2D eigenvalue weighted by Crippen LogP contribution is 2.16. The Bertz CT molecular complexity index is 77.6. The van der Waals surface area contributed by atoms with E-state index in [-0.39, 0.29) is 0 Å². The molecular formula is C7H16N2O. The second kappa shape index (κ2) is 3.91. The zero-order valence-corrected chi connectivity index (χ0v) is 6.25. The van der Waals surface area contributed by atoms with E-state index in [4.69, 9.17) is 16.2 Å². The van der Waals surface area contributed by atoms with Crippen molar-refractivity contribution in [3.05, 3.63) is 0 Å². The van der Waals surface area contributed by atoms with Gasteiger partial charge in [0.15, 0.2) is 0 Å². The van der Waals surface area contributed by atoms with Crippen LogP contribution in [0.25, 0.3) is 0 Å². The maximum atomic E-state index is 5.48. The van der Waals surface area contributed by atoms with Gasteiger partial charge in [-0.25, -0.2) is 0 Å². The molecule has 1 aliphatic heterocycles. The fourth-order valence-electron chi connectivity index (χ4n) is 1.23. The summed E-state index contributed by atoms with van der Waals surface area (Å²) in [5.74, 6) is 0.572. The van der Waals surface area contributed by atoms with Crippen LogP contribution in [0.15, 0.2) is 0 Å². The summed E-state index contributed by atoms with van der Waals surface area (Å²) in [6.07, 6.45) is 2.55. The number of ether oxygens (including phenoxy) is 1. The Morgan fingerprint density at radius 1 is 1.20 bits per heavy atom. The molecule has 1 aliphatic rings.